The van der Waals surface area contributed by atoms with Crippen molar-refractivity contribution in [2.24, 2.45) is 0 Å². The minimum Gasteiger partial charge on any atom is -0.489 e. The van der Waals surface area contributed by atoms with Gasteiger partial charge >= 0.3 is 12.1 Å². The maximum atomic E-state index is 13.7. The van der Waals surface area contributed by atoms with Crippen molar-refractivity contribution in [1.82, 2.24) is 4.90 Å². The minimum absolute atomic E-state index is 0.0890. The molecule has 0 spiro atoms. The molecule has 2 aromatic carbocycles. The summed E-state index contributed by atoms with van der Waals surface area (Å²) in [7, 11) is 0. The van der Waals surface area contributed by atoms with E-state index in [9.17, 15) is 27.2 Å². The SMILES string of the molecule is CC(=O)Nc1ccc(F)cc1OC[C@@H](CN1C[C@@H](Oc2ccc(Cl)cc2)C[C@@H]1C)OC(=O)C(F)(F)F. The van der Waals surface area contributed by atoms with Crippen molar-refractivity contribution in [2.75, 3.05) is 25.0 Å². The van der Waals surface area contributed by atoms with Gasteiger partial charge in [0.15, 0.2) is 0 Å². The third kappa shape index (κ3) is 7.99. The standard InChI is InChI=1S/C24H25ClF4N2O5/c1-14-9-19(35-18-6-3-16(25)4-7-18)11-31(14)12-20(36-23(33)24(27,28)29)13-34-22-10-17(26)5-8-21(22)30-15(2)32/h3-8,10,14,19-20H,9,11-13H2,1-2H3,(H,30,32)/t14-,19-,20+/m0/s1. The largest absolute Gasteiger partial charge is 0.490 e. The second kappa shape index (κ2) is 11.8. The summed E-state index contributed by atoms with van der Waals surface area (Å²) >= 11 is 5.88. The van der Waals surface area contributed by atoms with Gasteiger partial charge in [-0.25, -0.2) is 9.18 Å². The molecule has 36 heavy (non-hydrogen) atoms. The Morgan fingerprint density at radius 3 is 2.53 bits per heavy atom. The van der Waals surface area contributed by atoms with Gasteiger partial charge in [0.2, 0.25) is 5.91 Å². The number of nitrogens with zero attached hydrogens (tertiary/aromatic N) is 1. The number of halogens is 5. The van der Waals surface area contributed by atoms with E-state index in [0.29, 0.717) is 23.7 Å². The van der Waals surface area contributed by atoms with Gasteiger partial charge in [0.05, 0.1) is 5.69 Å². The van der Waals surface area contributed by atoms with E-state index in [0.717, 1.165) is 12.1 Å². The van der Waals surface area contributed by atoms with Crippen LogP contribution in [0, 0.1) is 5.82 Å². The number of ether oxygens (including phenoxy) is 3. The number of nitrogens with one attached hydrogen (secondary N) is 1. The van der Waals surface area contributed by atoms with Gasteiger partial charge < -0.3 is 19.5 Å². The molecule has 3 rings (SSSR count). The van der Waals surface area contributed by atoms with Crippen molar-refractivity contribution in [3.63, 3.8) is 0 Å². The summed E-state index contributed by atoms with van der Waals surface area (Å²) in [6.45, 7) is 2.87. The number of hydrogen-bond acceptors (Lipinski definition) is 6. The van der Waals surface area contributed by atoms with E-state index >= 15 is 0 Å². The number of carbonyl (C=O) groups excluding carboxylic acids is 2. The number of carbonyl (C=O) groups is 2. The van der Waals surface area contributed by atoms with Crippen LogP contribution in [-0.2, 0) is 14.3 Å². The Hall–Kier alpha value is -3.05. The molecule has 1 amide bonds. The molecule has 0 unspecified atom stereocenters. The lowest BCUT2D eigenvalue weighted by Crippen LogP contribution is -2.42. The van der Waals surface area contributed by atoms with Crippen LogP contribution < -0.4 is 14.8 Å². The molecule has 1 aliphatic heterocycles. The summed E-state index contributed by atoms with van der Waals surface area (Å²) in [5, 5.41) is 3.00. The van der Waals surface area contributed by atoms with Gasteiger partial charge in [-0.15, -0.1) is 0 Å². The summed E-state index contributed by atoms with van der Waals surface area (Å²) in [6.07, 6.45) is -6.21. The summed E-state index contributed by atoms with van der Waals surface area (Å²) < 4.78 is 68.6. The first-order valence-electron chi connectivity index (χ1n) is 11.0. The summed E-state index contributed by atoms with van der Waals surface area (Å²) in [4.78, 5) is 24.8. The minimum atomic E-state index is -5.20. The molecule has 0 aliphatic carbocycles. The van der Waals surface area contributed by atoms with E-state index in [1.54, 1.807) is 24.3 Å². The van der Waals surface area contributed by atoms with Gasteiger partial charge in [0, 0.05) is 43.6 Å². The fourth-order valence-electron chi connectivity index (χ4n) is 3.79. The van der Waals surface area contributed by atoms with Crippen molar-refractivity contribution in [2.45, 2.75) is 44.7 Å². The molecule has 0 saturated carbocycles. The molecule has 1 saturated heterocycles. The molecule has 1 heterocycles. The molecular weight excluding hydrogens is 508 g/mol. The Kier molecular flexibility index (Phi) is 9.02. The summed E-state index contributed by atoms with van der Waals surface area (Å²) in [6, 6.07) is 10.0. The average Bonchev–Trinajstić information content (AvgIpc) is 3.12. The van der Waals surface area contributed by atoms with Crippen molar-refractivity contribution >= 4 is 29.2 Å². The van der Waals surface area contributed by atoms with Crippen LogP contribution in [0.3, 0.4) is 0 Å². The van der Waals surface area contributed by atoms with Gasteiger partial charge in [0.25, 0.3) is 0 Å². The fraction of sp³-hybridized carbons (Fsp3) is 0.417. The predicted octanol–water partition coefficient (Wildman–Crippen LogP) is 4.83. The molecule has 0 aromatic heterocycles. The second-order valence-corrected chi connectivity index (χ2v) is 8.83. The number of benzene rings is 2. The second-order valence-electron chi connectivity index (χ2n) is 8.39. The Labute approximate surface area is 210 Å². The van der Waals surface area contributed by atoms with Crippen molar-refractivity contribution in [3.8, 4) is 11.5 Å². The molecule has 12 heteroatoms. The Morgan fingerprint density at radius 2 is 1.89 bits per heavy atom. The number of esters is 1. The monoisotopic (exact) mass is 532 g/mol. The Bertz CT molecular complexity index is 1070. The highest BCUT2D eigenvalue weighted by molar-refractivity contribution is 6.30. The smallest absolute Gasteiger partial charge is 0.489 e. The lowest BCUT2D eigenvalue weighted by atomic mass is 10.2. The topological polar surface area (TPSA) is 77.1 Å². The first kappa shape index (κ1) is 27.5. The third-order valence-electron chi connectivity index (χ3n) is 5.40. The normalized spacial score (nSPS) is 19.0. The number of amides is 1. The van der Waals surface area contributed by atoms with Gasteiger partial charge in [0.1, 0.15) is 36.1 Å². The highest BCUT2D eigenvalue weighted by atomic mass is 35.5. The zero-order valence-corrected chi connectivity index (χ0v) is 20.2. The molecule has 2 aromatic rings. The zero-order valence-electron chi connectivity index (χ0n) is 19.5. The molecule has 1 N–H and O–H groups in total. The van der Waals surface area contributed by atoms with Gasteiger partial charge in [-0.05, 0) is 43.3 Å². The van der Waals surface area contributed by atoms with Gasteiger partial charge in [-0.2, -0.15) is 13.2 Å². The van der Waals surface area contributed by atoms with E-state index in [1.165, 1.54) is 13.0 Å². The Balaban J connectivity index is 1.70. The molecule has 0 radical (unpaired) electrons. The van der Waals surface area contributed by atoms with E-state index in [-0.39, 0.29) is 30.1 Å². The number of likely N-dealkylation sites (tertiary alicyclic amines) is 1. The summed E-state index contributed by atoms with van der Waals surface area (Å²) in [5.74, 6) is -3.02. The van der Waals surface area contributed by atoms with Crippen LogP contribution in [0.15, 0.2) is 42.5 Å². The van der Waals surface area contributed by atoms with Crippen LogP contribution in [0.5, 0.6) is 11.5 Å². The van der Waals surface area contributed by atoms with Crippen LogP contribution in [0.1, 0.15) is 20.3 Å². The van der Waals surface area contributed by atoms with E-state index in [4.69, 9.17) is 25.8 Å². The van der Waals surface area contributed by atoms with Crippen LogP contribution in [0.2, 0.25) is 5.02 Å². The van der Waals surface area contributed by atoms with E-state index in [1.807, 2.05) is 11.8 Å². The van der Waals surface area contributed by atoms with Crippen LogP contribution in [-0.4, -0.2) is 60.9 Å². The molecule has 1 fully saturated rings. The zero-order chi connectivity index (χ0) is 26.5. The molecule has 0 bridgehead atoms. The third-order valence-corrected chi connectivity index (χ3v) is 5.66. The van der Waals surface area contributed by atoms with Gasteiger partial charge in [-0.3, -0.25) is 9.69 Å². The number of alkyl halides is 3. The first-order chi connectivity index (χ1) is 16.9. The number of rotatable bonds is 9. The highest BCUT2D eigenvalue weighted by Crippen LogP contribution is 2.28. The van der Waals surface area contributed by atoms with Crippen molar-refractivity contribution in [3.05, 3.63) is 53.3 Å². The van der Waals surface area contributed by atoms with E-state index < -0.39 is 36.6 Å². The Morgan fingerprint density at radius 1 is 1.19 bits per heavy atom. The lowest BCUT2D eigenvalue weighted by Gasteiger charge is -2.27. The fourth-order valence-corrected chi connectivity index (χ4v) is 3.91. The predicted molar refractivity (Wildman–Crippen MR) is 124 cm³/mol. The molecule has 7 nitrogen and oxygen atoms in total. The maximum absolute atomic E-state index is 13.7. The molecule has 1 aliphatic rings. The number of hydrogen-bond donors (Lipinski definition) is 1. The van der Waals surface area contributed by atoms with Crippen LogP contribution in [0.4, 0.5) is 23.2 Å². The lowest BCUT2D eigenvalue weighted by molar-refractivity contribution is -0.206. The van der Waals surface area contributed by atoms with Crippen LogP contribution in [0.25, 0.3) is 0 Å². The highest BCUT2D eigenvalue weighted by Gasteiger charge is 2.43. The summed E-state index contributed by atoms with van der Waals surface area (Å²) in [5.41, 5.74) is 0.121. The quantitative estimate of drug-likeness (QED) is 0.368. The van der Waals surface area contributed by atoms with Gasteiger partial charge in [-0.1, -0.05) is 11.6 Å². The van der Waals surface area contributed by atoms with E-state index in [2.05, 4.69) is 5.32 Å². The van der Waals surface area contributed by atoms with Crippen LogP contribution >= 0.6 is 11.6 Å². The maximum Gasteiger partial charge on any atom is 0.490 e. The first-order valence-corrected chi connectivity index (χ1v) is 11.4. The van der Waals surface area contributed by atoms with Crippen molar-refractivity contribution in [1.29, 1.82) is 0 Å². The molecule has 3 atom stereocenters. The molecule has 196 valence electrons. The average molecular weight is 533 g/mol. The van der Waals surface area contributed by atoms with Crippen molar-refractivity contribution < 1.29 is 41.4 Å². The molecular formula is C24H25ClF4N2O5. The number of anilines is 1.